The van der Waals surface area contributed by atoms with Gasteiger partial charge in [-0.2, -0.15) is 11.8 Å². The van der Waals surface area contributed by atoms with Crippen LogP contribution in [0.4, 0.5) is 0 Å². The quantitative estimate of drug-likeness (QED) is 0.839. The van der Waals surface area contributed by atoms with E-state index in [-0.39, 0.29) is 0 Å². The normalized spacial score (nSPS) is 24.2. The van der Waals surface area contributed by atoms with Gasteiger partial charge in [-0.25, -0.2) is 0 Å². The van der Waals surface area contributed by atoms with Gasteiger partial charge in [-0.05, 0) is 23.6 Å². The molecule has 0 aromatic carbocycles. The van der Waals surface area contributed by atoms with Crippen LogP contribution in [0.5, 0.6) is 0 Å². The van der Waals surface area contributed by atoms with E-state index in [4.69, 9.17) is 4.74 Å². The van der Waals surface area contributed by atoms with Crippen LogP contribution in [0, 0.1) is 0 Å². The Morgan fingerprint density at radius 2 is 2.18 bits per heavy atom. The topological polar surface area (TPSA) is 32.8 Å². The van der Waals surface area contributed by atoms with Gasteiger partial charge in [0.2, 0.25) is 5.91 Å². The van der Waals surface area contributed by atoms with Gasteiger partial charge in [-0.3, -0.25) is 9.69 Å². The fraction of sp³-hybridized carbons (Fsp3) is 0.688. The summed E-state index contributed by atoms with van der Waals surface area (Å²) in [5, 5.41) is 2.05. The fourth-order valence-corrected chi connectivity index (χ4v) is 4.81. The second-order valence-corrected chi connectivity index (χ2v) is 8.02. The summed E-state index contributed by atoms with van der Waals surface area (Å²) in [6.45, 7) is 5.53. The van der Waals surface area contributed by atoms with Gasteiger partial charge in [0.05, 0.1) is 25.7 Å². The van der Waals surface area contributed by atoms with Crippen molar-refractivity contribution in [3.8, 4) is 0 Å². The molecule has 1 aromatic rings. The molecule has 6 heteroatoms. The summed E-state index contributed by atoms with van der Waals surface area (Å²) in [6.07, 6.45) is 1.67. The molecule has 0 spiro atoms. The number of amides is 1. The van der Waals surface area contributed by atoms with E-state index in [2.05, 4.69) is 15.9 Å². The molecule has 2 saturated heterocycles. The van der Waals surface area contributed by atoms with Crippen LogP contribution in [0.15, 0.2) is 17.5 Å². The molecule has 0 N–H and O–H groups in total. The van der Waals surface area contributed by atoms with Gasteiger partial charge in [-0.1, -0.05) is 6.07 Å². The van der Waals surface area contributed by atoms with Gasteiger partial charge in [0.15, 0.2) is 0 Å². The Morgan fingerprint density at radius 3 is 2.95 bits per heavy atom. The molecule has 0 aliphatic carbocycles. The summed E-state index contributed by atoms with van der Waals surface area (Å²) < 4.78 is 5.43. The van der Waals surface area contributed by atoms with Crippen molar-refractivity contribution in [3.63, 3.8) is 0 Å². The average molecular weight is 341 g/mol. The highest BCUT2D eigenvalue weighted by Crippen LogP contribution is 2.20. The van der Waals surface area contributed by atoms with Crippen LogP contribution in [-0.2, 0) is 16.0 Å². The van der Waals surface area contributed by atoms with E-state index in [0.717, 1.165) is 51.6 Å². The zero-order chi connectivity index (χ0) is 15.2. The molecular weight excluding hydrogens is 316 g/mol. The third-order valence-electron chi connectivity index (χ3n) is 4.24. The van der Waals surface area contributed by atoms with Crippen LogP contribution in [0.25, 0.3) is 0 Å². The maximum Gasteiger partial charge on any atom is 0.228 e. The Labute approximate surface area is 140 Å². The van der Waals surface area contributed by atoms with Crippen molar-refractivity contribution in [2.45, 2.75) is 18.9 Å². The maximum atomic E-state index is 12.8. The maximum absolute atomic E-state index is 12.8. The highest BCUT2D eigenvalue weighted by Gasteiger charge is 2.28. The van der Waals surface area contributed by atoms with E-state index < -0.39 is 0 Å². The average Bonchev–Trinajstić information content (AvgIpc) is 2.93. The molecule has 1 atom stereocenters. The highest BCUT2D eigenvalue weighted by molar-refractivity contribution is 7.99. The minimum absolute atomic E-state index is 0.295. The molecule has 22 heavy (non-hydrogen) atoms. The van der Waals surface area contributed by atoms with Crippen LogP contribution in [0.3, 0.4) is 0 Å². The van der Waals surface area contributed by atoms with Crippen LogP contribution >= 0.6 is 23.1 Å². The van der Waals surface area contributed by atoms with Crippen LogP contribution in [0.2, 0.25) is 0 Å². The van der Waals surface area contributed by atoms with Gasteiger partial charge in [-0.15, -0.1) is 11.3 Å². The van der Waals surface area contributed by atoms with Crippen molar-refractivity contribution in [2.24, 2.45) is 0 Å². The third-order valence-corrected chi connectivity index (χ3v) is 6.31. The Bertz CT molecular complexity index is 461. The van der Waals surface area contributed by atoms with Gasteiger partial charge in [0.1, 0.15) is 0 Å². The zero-order valence-electron chi connectivity index (χ0n) is 12.9. The molecule has 122 valence electrons. The fourth-order valence-electron chi connectivity index (χ4n) is 3.05. The second kappa shape index (κ2) is 8.34. The predicted molar refractivity (Wildman–Crippen MR) is 92.7 cm³/mol. The molecule has 2 fully saturated rings. The molecule has 3 heterocycles. The number of carbonyl (C=O) groups excluding carboxylic acids is 1. The van der Waals surface area contributed by atoms with Crippen molar-refractivity contribution in [1.29, 1.82) is 0 Å². The molecule has 0 unspecified atom stereocenters. The van der Waals surface area contributed by atoms with Crippen LogP contribution < -0.4 is 0 Å². The Morgan fingerprint density at radius 1 is 1.32 bits per heavy atom. The number of thiophene rings is 1. The van der Waals surface area contributed by atoms with E-state index in [0.29, 0.717) is 18.4 Å². The zero-order valence-corrected chi connectivity index (χ0v) is 14.5. The second-order valence-electron chi connectivity index (χ2n) is 5.84. The number of thioether (sulfide) groups is 1. The Balaban J connectivity index is 1.62. The number of ether oxygens (including phenoxy) is 1. The lowest BCUT2D eigenvalue weighted by Crippen LogP contribution is -2.50. The van der Waals surface area contributed by atoms with Gasteiger partial charge in [0, 0.05) is 36.8 Å². The van der Waals surface area contributed by atoms with Gasteiger partial charge < -0.3 is 9.64 Å². The van der Waals surface area contributed by atoms with Crippen molar-refractivity contribution in [1.82, 2.24) is 9.80 Å². The monoisotopic (exact) mass is 340 g/mol. The van der Waals surface area contributed by atoms with Crippen molar-refractivity contribution >= 4 is 29.0 Å². The summed E-state index contributed by atoms with van der Waals surface area (Å²) >= 11 is 3.67. The van der Waals surface area contributed by atoms with Gasteiger partial charge in [0.25, 0.3) is 0 Å². The molecule has 1 aromatic heterocycles. The predicted octanol–water partition coefficient (Wildman–Crippen LogP) is 1.96. The number of carbonyl (C=O) groups is 1. The van der Waals surface area contributed by atoms with Crippen molar-refractivity contribution in [3.05, 3.63) is 22.4 Å². The number of nitrogens with zero attached hydrogens (tertiary/aromatic N) is 2. The summed E-state index contributed by atoms with van der Waals surface area (Å²) in [7, 11) is 0. The molecule has 0 bridgehead atoms. The molecule has 1 amide bonds. The number of hydrogen-bond donors (Lipinski definition) is 0. The van der Waals surface area contributed by atoms with Crippen LogP contribution in [0.1, 0.15) is 11.3 Å². The molecule has 3 rings (SSSR count). The molecule has 4 nitrogen and oxygen atoms in total. The summed E-state index contributed by atoms with van der Waals surface area (Å²) in [5.41, 5.74) is 0. The first-order chi connectivity index (χ1) is 10.8. The lowest BCUT2D eigenvalue weighted by atomic mass is 10.2. The first-order valence-corrected chi connectivity index (χ1v) is 10.1. The minimum Gasteiger partial charge on any atom is -0.379 e. The van der Waals surface area contributed by atoms with Gasteiger partial charge >= 0.3 is 0 Å². The van der Waals surface area contributed by atoms with E-state index in [1.807, 2.05) is 23.2 Å². The summed E-state index contributed by atoms with van der Waals surface area (Å²) in [5.74, 6) is 2.53. The van der Waals surface area contributed by atoms with E-state index in [1.54, 1.807) is 11.3 Å². The van der Waals surface area contributed by atoms with E-state index in [1.165, 1.54) is 10.6 Å². The first-order valence-electron chi connectivity index (χ1n) is 8.02. The molecule has 2 aliphatic rings. The lowest BCUT2D eigenvalue weighted by molar-refractivity contribution is -0.132. The summed E-state index contributed by atoms with van der Waals surface area (Å²) in [6, 6.07) is 4.43. The summed E-state index contributed by atoms with van der Waals surface area (Å²) in [4.78, 5) is 18.5. The highest BCUT2D eigenvalue weighted by atomic mass is 32.2. The largest absolute Gasteiger partial charge is 0.379 e. The van der Waals surface area contributed by atoms with Crippen molar-refractivity contribution in [2.75, 3.05) is 50.9 Å². The number of morpholine rings is 1. The van der Waals surface area contributed by atoms with Crippen LogP contribution in [-0.4, -0.2) is 72.6 Å². The lowest BCUT2D eigenvalue weighted by Gasteiger charge is -2.35. The Kier molecular flexibility index (Phi) is 6.18. The third kappa shape index (κ3) is 4.47. The number of rotatable bonds is 4. The Hall–Kier alpha value is -0.560. The SMILES string of the molecule is O=C(Cc1cccs1)N1CCCSC[C@@H]1CN1CCOCC1. The molecular formula is C16H24N2O2S2. The smallest absolute Gasteiger partial charge is 0.228 e. The van der Waals surface area contributed by atoms with E-state index >= 15 is 0 Å². The van der Waals surface area contributed by atoms with Crippen molar-refractivity contribution < 1.29 is 9.53 Å². The number of hydrogen-bond acceptors (Lipinski definition) is 5. The molecule has 2 aliphatic heterocycles. The first kappa shape index (κ1) is 16.3. The van der Waals surface area contributed by atoms with E-state index in [9.17, 15) is 4.79 Å². The molecule has 0 radical (unpaired) electrons. The minimum atomic E-state index is 0.295. The standard InChI is InChI=1S/C16H24N2O2S2/c19-16(11-15-3-1-10-22-15)18-4-2-9-21-13-14(18)12-17-5-7-20-8-6-17/h1,3,10,14H,2,4-9,11-13H2/t14-/m0/s1. The molecule has 0 saturated carbocycles.